The van der Waals surface area contributed by atoms with Crippen molar-refractivity contribution in [3.8, 4) is 0 Å². The van der Waals surface area contributed by atoms with E-state index in [4.69, 9.17) is 12.2 Å². The lowest BCUT2D eigenvalue weighted by Crippen LogP contribution is -2.38. The molecule has 1 aliphatic heterocycles. The lowest BCUT2D eigenvalue weighted by molar-refractivity contribution is 0.600. The number of thiocarbonyl (C=S) groups is 1. The highest BCUT2D eigenvalue weighted by Gasteiger charge is 2.28. The van der Waals surface area contributed by atoms with Crippen LogP contribution in [-0.2, 0) is 9.84 Å². The van der Waals surface area contributed by atoms with E-state index in [2.05, 4.69) is 10.6 Å². The molecule has 0 saturated carbocycles. The zero-order valence-corrected chi connectivity index (χ0v) is 13.0. The Kier molecular flexibility index (Phi) is 3.82. The summed E-state index contributed by atoms with van der Waals surface area (Å²) in [6.45, 7) is 0. The number of nitrogens with one attached hydrogen (secondary N) is 2. The summed E-state index contributed by atoms with van der Waals surface area (Å²) in [6, 6.07) is 13.9. The molecular weight excluding hydrogens is 304 g/mol. The molecule has 0 spiro atoms. The van der Waals surface area contributed by atoms with E-state index in [9.17, 15) is 8.42 Å². The van der Waals surface area contributed by atoms with Gasteiger partial charge in [-0.05, 0) is 30.1 Å². The first kappa shape index (κ1) is 14.3. The van der Waals surface area contributed by atoms with Gasteiger partial charge in [-0.25, -0.2) is 8.42 Å². The molecule has 6 heteroatoms. The molecule has 110 valence electrons. The Morgan fingerprint density at radius 1 is 1.14 bits per heavy atom. The van der Waals surface area contributed by atoms with Gasteiger partial charge in [0.2, 0.25) is 0 Å². The highest BCUT2D eigenvalue weighted by atomic mass is 32.2. The van der Waals surface area contributed by atoms with Gasteiger partial charge in [-0.1, -0.05) is 36.4 Å². The minimum absolute atomic E-state index is 0.0926. The van der Waals surface area contributed by atoms with Gasteiger partial charge < -0.3 is 10.6 Å². The van der Waals surface area contributed by atoms with Crippen LogP contribution in [-0.4, -0.2) is 31.1 Å². The van der Waals surface area contributed by atoms with Gasteiger partial charge in [0.05, 0.1) is 11.5 Å². The summed E-state index contributed by atoms with van der Waals surface area (Å²) in [5, 5.41) is 8.94. The Morgan fingerprint density at radius 3 is 2.67 bits per heavy atom. The minimum Gasteiger partial charge on any atom is -0.359 e. The van der Waals surface area contributed by atoms with Crippen molar-refractivity contribution >= 4 is 43.6 Å². The third-order valence-corrected chi connectivity index (χ3v) is 5.59. The first-order valence-corrected chi connectivity index (χ1v) is 9.02. The highest BCUT2D eigenvalue weighted by molar-refractivity contribution is 7.91. The Labute approximate surface area is 129 Å². The number of rotatable bonds is 2. The van der Waals surface area contributed by atoms with E-state index in [1.807, 2.05) is 42.5 Å². The van der Waals surface area contributed by atoms with E-state index >= 15 is 0 Å². The van der Waals surface area contributed by atoms with Crippen molar-refractivity contribution in [3.63, 3.8) is 0 Å². The van der Waals surface area contributed by atoms with E-state index in [1.54, 1.807) is 0 Å². The van der Waals surface area contributed by atoms with Crippen molar-refractivity contribution in [1.29, 1.82) is 0 Å². The van der Waals surface area contributed by atoms with Crippen molar-refractivity contribution in [2.75, 3.05) is 16.8 Å². The number of hydrogen-bond acceptors (Lipinski definition) is 3. The fourth-order valence-corrected chi connectivity index (χ4v) is 4.54. The Balaban J connectivity index is 1.72. The topological polar surface area (TPSA) is 58.2 Å². The van der Waals surface area contributed by atoms with Crippen LogP contribution in [0, 0.1) is 0 Å². The maximum absolute atomic E-state index is 11.5. The minimum atomic E-state index is -2.90. The molecule has 1 unspecified atom stereocenters. The molecule has 2 aromatic rings. The number of anilines is 1. The maximum Gasteiger partial charge on any atom is 0.171 e. The van der Waals surface area contributed by atoms with E-state index in [0.29, 0.717) is 11.5 Å². The number of hydrogen-bond donors (Lipinski definition) is 2. The van der Waals surface area contributed by atoms with Crippen LogP contribution in [0.15, 0.2) is 42.5 Å². The van der Waals surface area contributed by atoms with Gasteiger partial charge in [0, 0.05) is 17.1 Å². The van der Waals surface area contributed by atoms with Gasteiger partial charge in [0.25, 0.3) is 0 Å². The molecule has 0 aliphatic carbocycles. The van der Waals surface area contributed by atoms with Gasteiger partial charge in [0.15, 0.2) is 14.9 Å². The molecule has 1 heterocycles. The molecular formula is C15H16N2O2S2. The van der Waals surface area contributed by atoms with Gasteiger partial charge in [-0.15, -0.1) is 0 Å². The highest BCUT2D eigenvalue weighted by Crippen LogP contribution is 2.23. The number of fused-ring (bicyclic) bond motifs is 1. The van der Waals surface area contributed by atoms with E-state index in [0.717, 1.165) is 16.5 Å². The monoisotopic (exact) mass is 320 g/mol. The summed E-state index contributed by atoms with van der Waals surface area (Å²) >= 11 is 5.29. The molecule has 2 aromatic carbocycles. The summed E-state index contributed by atoms with van der Waals surface area (Å²) in [5.41, 5.74) is 0.923. The molecule has 1 saturated heterocycles. The quantitative estimate of drug-likeness (QED) is 0.832. The third-order valence-electron chi connectivity index (χ3n) is 3.61. The lowest BCUT2D eigenvalue weighted by Gasteiger charge is -2.16. The third kappa shape index (κ3) is 3.33. The molecule has 0 amide bonds. The van der Waals surface area contributed by atoms with Crippen molar-refractivity contribution < 1.29 is 8.42 Å². The molecule has 4 nitrogen and oxygen atoms in total. The first-order chi connectivity index (χ1) is 10.0. The Hall–Kier alpha value is -1.66. The van der Waals surface area contributed by atoms with Crippen LogP contribution in [0.4, 0.5) is 5.69 Å². The van der Waals surface area contributed by atoms with Crippen LogP contribution in [0.3, 0.4) is 0 Å². The number of sulfone groups is 1. The molecule has 1 aliphatic rings. The summed E-state index contributed by atoms with van der Waals surface area (Å²) in [6.07, 6.45) is 0.611. The summed E-state index contributed by atoms with van der Waals surface area (Å²) < 4.78 is 22.9. The summed E-state index contributed by atoms with van der Waals surface area (Å²) in [5.74, 6) is 0.395. The van der Waals surface area contributed by atoms with Crippen LogP contribution in [0.5, 0.6) is 0 Å². The van der Waals surface area contributed by atoms with Gasteiger partial charge in [0.1, 0.15) is 0 Å². The van der Waals surface area contributed by atoms with Crippen LogP contribution in [0.2, 0.25) is 0 Å². The van der Waals surface area contributed by atoms with Crippen LogP contribution in [0.25, 0.3) is 10.8 Å². The van der Waals surface area contributed by atoms with E-state index in [-0.39, 0.29) is 17.5 Å². The van der Waals surface area contributed by atoms with Crippen LogP contribution < -0.4 is 10.6 Å². The van der Waals surface area contributed by atoms with Crippen molar-refractivity contribution in [2.24, 2.45) is 0 Å². The average molecular weight is 320 g/mol. The smallest absolute Gasteiger partial charge is 0.171 e. The van der Waals surface area contributed by atoms with E-state index < -0.39 is 9.84 Å². The molecule has 3 rings (SSSR count). The first-order valence-electron chi connectivity index (χ1n) is 6.79. The maximum atomic E-state index is 11.5. The molecule has 1 atom stereocenters. The normalized spacial score (nSPS) is 20.3. The fourth-order valence-electron chi connectivity index (χ4n) is 2.59. The predicted molar refractivity (Wildman–Crippen MR) is 90.4 cm³/mol. The van der Waals surface area contributed by atoms with Gasteiger partial charge in [-0.2, -0.15) is 0 Å². The SMILES string of the molecule is O=S1(=O)CCC(NC(=S)Nc2cccc3ccccc23)C1. The molecule has 0 radical (unpaired) electrons. The van der Waals surface area contributed by atoms with E-state index in [1.165, 1.54) is 0 Å². The summed E-state index contributed by atoms with van der Waals surface area (Å²) in [4.78, 5) is 0. The fraction of sp³-hybridized carbons (Fsp3) is 0.267. The Morgan fingerprint density at radius 2 is 1.90 bits per heavy atom. The van der Waals surface area contributed by atoms with Crippen LogP contribution >= 0.6 is 12.2 Å². The molecule has 0 aromatic heterocycles. The van der Waals surface area contributed by atoms with Gasteiger partial charge >= 0.3 is 0 Å². The molecule has 21 heavy (non-hydrogen) atoms. The standard InChI is InChI=1S/C15H16N2O2S2/c18-21(19)9-8-12(10-21)16-15(20)17-14-7-3-5-11-4-1-2-6-13(11)14/h1-7,12H,8-10H2,(H2,16,17,20). The second-order valence-electron chi connectivity index (χ2n) is 5.23. The number of benzene rings is 2. The van der Waals surface area contributed by atoms with Crippen molar-refractivity contribution in [3.05, 3.63) is 42.5 Å². The predicted octanol–water partition coefficient (Wildman–Crippen LogP) is 2.31. The zero-order chi connectivity index (χ0) is 14.9. The summed E-state index contributed by atoms with van der Waals surface area (Å²) in [7, 11) is -2.90. The van der Waals surface area contributed by atoms with Crippen molar-refractivity contribution in [2.45, 2.75) is 12.5 Å². The second-order valence-corrected chi connectivity index (χ2v) is 7.86. The molecule has 1 fully saturated rings. The average Bonchev–Trinajstić information content (AvgIpc) is 2.78. The molecule has 0 bridgehead atoms. The Bertz CT molecular complexity index is 782. The van der Waals surface area contributed by atoms with Gasteiger partial charge in [-0.3, -0.25) is 0 Å². The largest absolute Gasteiger partial charge is 0.359 e. The van der Waals surface area contributed by atoms with Crippen molar-refractivity contribution in [1.82, 2.24) is 5.32 Å². The van der Waals surface area contributed by atoms with Crippen LogP contribution in [0.1, 0.15) is 6.42 Å². The zero-order valence-electron chi connectivity index (χ0n) is 11.4. The lowest BCUT2D eigenvalue weighted by atomic mass is 10.1. The molecule has 2 N–H and O–H groups in total. The second kappa shape index (κ2) is 5.61.